The third-order valence-electron chi connectivity index (χ3n) is 3.93. The Morgan fingerprint density at radius 3 is 2.52 bits per heavy atom. The molecule has 1 heterocycles. The van der Waals surface area contributed by atoms with E-state index in [1.807, 2.05) is 36.1 Å². The Kier molecular flexibility index (Phi) is 6.40. The Balaban J connectivity index is 1.77. The van der Waals surface area contributed by atoms with E-state index < -0.39 is 0 Å². The summed E-state index contributed by atoms with van der Waals surface area (Å²) in [6.07, 6.45) is 0.431. The highest BCUT2D eigenvalue weighted by atomic mass is 16.5. The minimum atomic E-state index is -0.0221. The maximum Gasteiger partial charge on any atom is 0.225 e. The van der Waals surface area contributed by atoms with Gasteiger partial charge in [0.25, 0.3) is 0 Å². The molecule has 0 saturated carbocycles. The SMILES string of the molecule is CCOc1ccccc1NC(=O)CCN1CCN(C(C)=O)CC1. The third-order valence-corrected chi connectivity index (χ3v) is 3.93. The first-order valence-electron chi connectivity index (χ1n) is 8.09. The number of piperazine rings is 1. The molecule has 1 aliphatic rings. The molecule has 1 aliphatic heterocycles. The van der Waals surface area contributed by atoms with E-state index in [4.69, 9.17) is 4.74 Å². The highest BCUT2D eigenvalue weighted by Crippen LogP contribution is 2.23. The Hall–Kier alpha value is -2.08. The van der Waals surface area contributed by atoms with E-state index in [1.54, 1.807) is 6.92 Å². The van der Waals surface area contributed by atoms with Gasteiger partial charge in [0.1, 0.15) is 5.75 Å². The molecular formula is C17H25N3O3. The fraction of sp³-hybridized carbons (Fsp3) is 0.529. The van der Waals surface area contributed by atoms with Crippen molar-refractivity contribution in [3.05, 3.63) is 24.3 Å². The molecule has 0 radical (unpaired) electrons. The van der Waals surface area contributed by atoms with Gasteiger partial charge in [-0.25, -0.2) is 0 Å². The first kappa shape index (κ1) is 17.3. The molecule has 2 rings (SSSR count). The van der Waals surface area contributed by atoms with Crippen molar-refractivity contribution in [2.75, 3.05) is 44.6 Å². The smallest absolute Gasteiger partial charge is 0.225 e. The number of hydrogen-bond donors (Lipinski definition) is 1. The topological polar surface area (TPSA) is 61.9 Å². The fourth-order valence-corrected chi connectivity index (χ4v) is 2.61. The van der Waals surface area contributed by atoms with Gasteiger partial charge in [0.15, 0.2) is 0 Å². The predicted molar refractivity (Wildman–Crippen MR) is 89.6 cm³/mol. The molecule has 6 heteroatoms. The molecule has 1 saturated heterocycles. The van der Waals surface area contributed by atoms with Gasteiger partial charge in [-0.05, 0) is 19.1 Å². The minimum Gasteiger partial charge on any atom is -0.492 e. The number of para-hydroxylation sites is 2. The van der Waals surface area contributed by atoms with Crippen molar-refractivity contribution in [1.82, 2.24) is 9.80 Å². The summed E-state index contributed by atoms with van der Waals surface area (Å²) < 4.78 is 5.50. The molecular weight excluding hydrogens is 294 g/mol. The van der Waals surface area contributed by atoms with Crippen LogP contribution in [-0.2, 0) is 9.59 Å². The zero-order valence-corrected chi connectivity index (χ0v) is 13.9. The average molecular weight is 319 g/mol. The number of hydrogen-bond acceptors (Lipinski definition) is 4. The average Bonchev–Trinajstić information content (AvgIpc) is 2.55. The first-order valence-corrected chi connectivity index (χ1v) is 8.09. The van der Waals surface area contributed by atoms with Crippen LogP contribution in [-0.4, -0.2) is 60.9 Å². The van der Waals surface area contributed by atoms with Crippen molar-refractivity contribution in [3.63, 3.8) is 0 Å². The van der Waals surface area contributed by atoms with Gasteiger partial charge in [0.05, 0.1) is 12.3 Å². The summed E-state index contributed by atoms with van der Waals surface area (Å²) in [7, 11) is 0. The second kappa shape index (κ2) is 8.53. The molecule has 23 heavy (non-hydrogen) atoms. The van der Waals surface area contributed by atoms with Crippen LogP contribution in [0.15, 0.2) is 24.3 Å². The zero-order chi connectivity index (χ0) is 16.7. The quantitative estimate of drug-likeness (QED) is 0.865. The molecule has 6 nitrogen and oxygen atoms in total. The Labute approximate surface area is 137 Å². The highest BCUT2D eigenvalue weighted by Gasteiger charge is 2.19. The fourth-order valence-electron chi connectivity index (χ4n) is 2.61. The van der Waals surface area contributed by atoms with Crippen LogP contribution in [0, 0.1) is 0 Å². The van der Waals surface area contributed by atoms with Crippen molar-refractivity contribution in [1.29, 1.82) is 0 Å². The second-order valence-corrected chi connectivity index (χ2v) is 5.58. The van der Waals surface area contributed by atoms with Crippen LogP contribution in [0.2, 0.25) is 0 Å². The summed E-state index contributed by atoms with van der Waals surface area (Å²) in [5, 5.41) is 2.91. The van der Waals surface area contributed by atoms with Crippen LogP contribution in [0.1, 0.15) is 20.3 Å². The van der Waals surface area contributed by atoms with E-state index in [0.717, 1.165) is 26.2 Å². The number of carbonyl (C=O) groups excluding carboxylic acids is 2. The number of ether oxygens (including phenoxy) is 1. The summed E-state index contributed by atoms with van der Waals surface area (Å²) in [5.74, 6) is 0.791. The Morgan fingerprint density at radius 1 is 1.17 bits per heavy atom. The van der Waals surface area contributed by atoms with Crippen LogP contribution in [0.25, 0.3) is 0 Å². The molecule has 126 valence electrons. The molecule has 0 aliphatic carbocycles. The molecule has 2 amide bonds. The molecule has 1 aromatic rings. The maximum absolute atomic E-state index is 12.1. The van der Waals surface area contributed by atoms with Crippen LogP contribution in [0.4, 0.5) is 5.69 Å². The predicted octanol–water partition coefficient (Wildman–Crippen LogP) is 1.58. The molecule has 1 N–H and O–H groups in total. The molecule has 1 fully saturated rings. The van der Waals surface area contributed by atoms with E-state index in [1.165, 1.54) is 0 Å². The molecule has 0 spiro atoms. The summed E-state index contributed by atoms with van der Waals surface area (Å²) in [4.78, 5) is 27.5. The number of benzene rings is 1. The van der Waals surface area contributed by atoms with Gasteiger partial charge in [-0.2, -0.15) is 0 Å². The monoisotopic (exact) mass is 319 g/mol. The van der Waals surface area contributed by atoms with Crippen LogP contribution in [0.5, 0.6) is 5.75 Å². The summed E-state index contributed by atoms with van der Waals surface area (Å²) in [6.45, 7) is 7.90. The number of rotatable bonds is 6. The lowest BCUT2D eigenvalue weighted by Gasteiger charge is -2.34. The van der Waals surface area contributed by atoms with E-state index in [-0.39, 0.29) is 11.8 Å². The Bertz CT molecular complexity index is 540. The normalized spacial score (nSPS) is 15.3. The largest absolute Gasteiger partial charge is 0.492 e. The maximum atomic E-state index is 12.1. The lowest BCUT2D eigenvalue weighted by molar-refractivity contribution is -0.130. The Morgan fingerprint density at radius 2 is 1.87 bits per heavy atom. The van der Waals surface area contributed by atoms with Crippen LogP contribution in [0.3, 0.4) is 0 Å². The van der Waals surface area contributed by atoms with Gasteiger partial charge in [0, 0.05) is 46.1 Å². The lowest BCUT2D eigenvalue weighted by atomic mass is 10.2. The molecule has 0 aromatic heterocycles. The van der Waals surface area contributed by atoms with E-state index in [2.05, 4.69) is 10.2 Å². The van der Waals surface area contributed by atoms with Crippen LogP contribution < -0.4 is 10.1 Å². The van der Waals surface area contributed by atoms with Gasteiger partial charge in [-0.15, -0.1) is 0 Å². The number of nitrogens with one attached hydrogen (secondary N) is 1. The van der Waals surface area contributed by atoms with Gasteiger partial charge in [0.2, 0.25) is 11.8 Å². The summed E-state index contributed by atoms with van der Waals surface area (Å²) >= 11 is 0. The van der Waals surface area contributed by atoms with E-state index >= 15 is 0 Å². The summed E-state index contributed by atoms with van der Waals surface area (Å²) in [5.41, 5.74) is 0.709. The first-order chi connectivity index (χ1) is 11.1. The van der Waals surface area contributed by atoms with Gasteiger partial charge in [-0.3, -0.25) is 14.5 Å². The number of amides is 2. The van der Waals surface area contributed by atoms with Gasteiger partial charge in [-0.1, -0.05) is 12.1 Å². The third kappa shape index (κ3) is 5.25. The number of carbonyl (C=O) groups is 2. The standard InChI is InChI=1S/C17H25N3O3/c1-3-23-16-7-5-4-6-15(16)18-17(22)8-9-19-10-12-20(13-11-19)14(2)21/h4-7H,3,8-13H2,1-2H3,(H,18,22). The van der Waals surface area contributed by atoms with Crippen molar-refractivity contribution in [2.45, 2.75) is 20.3 Å². The van der Waals surface area contributed by atoms with Crippen molar-refractivity contribution in [3.8, 4) is 5.75 Å². The lowest BCUT2D eigenvalue weighted by Crippen LogP contribution is -2.48. The molecule has 0 atom stereocenters. The van der Waals surface area contributed by atoms with Crippen molar-refractivity contribution < 1.29 is 14.3 Å². The van der Waals surface area contributed by atoms with Crippen molar-refractivity contribution >= 4 is 17.5 Å². The van der Waals surface area contributed by atoms with Gasteiger partial charge < -0.3 is 15.0 Å². The molecule has 0 bridgehead atoms. The highest BCUT2D eigenvalue weighted by molar-refractivity contribution is 5.92. The minimum absolute atomic E-state index is 0.0221. The van der Waals surface area contributed by atoms with Crippen LogP contribution >= 0.6 is 0 Å². The molecule has 1 aromatic carbocycles. The summed E-state index contributed by atoms with van der Waals surface area (Å²) in [6, 6.07) is 7.45. The van der Waals surface area contributed by atoms with E-state index in [0.29, 0.717) is 31.0 Å². The van der Waals surface area contributed by atoms with Crippen molar-refractivity contribution in [2.24, 2.45) is 0 Å². The van der Waals surface area contributed by atoms with E-state index in [9.17, 15) is 9.59 Å². The molecule has 0 unspecified atom stereocenters. The second-order valence-electron chi connectivity index (χ2n) is 5.58. The number of nitrogens with zero attached hydrogens (tertiary/aromatic N) is 2. The number of anilines is 1. The zero-order valence-electron chi connectivity index (χ0n) is 13.9. The van der Waals surface area contributed by atoms with Gasteiger partial charge >= 0.3 is 0 Å².